The molecule has 11 heteroatoms. The second-order valence-corrected chi connectivity index (χ2v) is 4.98. The number of hydrogen-bond acceptors (Lipinski definition) is 6. The number of nitrogens with zero attached hydrogens (tertiary/aromatic N) is 2. The van der Waals surface area contributed by atoms with Crippen LogP contribution in [0.3, 0.4) is 0 Å². The van der Waals surface area contributed by atoms with E-state index >= 15 is 0 Å². The number of rotatable bonds is 3. The van der Waals surface area contributed by atoms with Crippen LogP contribution in [0, 0.1) is 0 Å². The van der Waals surface area contributed by atoms with E-state index in [2.05, 4.69) is 4.28 Å². The van der Waals surface area contributed by atoms with Crippen molar-refractivity contribution in [2.24, 2.45) is 5.73 Å². The molecule has 0 aliphatic carbocycles. The largest absolute Gasteiger partial charge is 1.00 e. The Morgan fingerprint density at radius 1 is 1.58 bits per heavy atom. The molecule has 3 amide bonds. The van der Waals surface area contributed by atoms with E-state index in [4.69, 9.17) is 5.73 Å². The summed E-state index contributed by atoms with van der Waals surface area (Å²) >= 11 is 0. The molecule has 0 radical (unpaired) electrons. The van der Waals surface area contributed by atoms with Gasteiger partial charge in [-0.1, -0.05) is 6.08 Å². The molecule has 2 aliphatic heterocycles. The Morgan fingerprint density at radius 3 is 2.63 bits per heavy atom. The Kier molecular flexibility index (Phi) is 4.65. The third-order valence-corrected chi connectivity index (χ3v) is 3.18. The van der Waals surface area contributed by atoms with E-state index in [0.29, 0.717) is 10.6 Å². The van der Waals surface area contributed by atoms with Crippen LogP contribution in [0.4, 0.5) is 4.79 Å². The minimum Gasteiger partial charge on any atom is -0.724 e. The molecule has 2 heterocycles. The fraction of sp³-hybridized carbons (Fsp3) is 0.500. The quantitative estimate of drug-likeness (QED) is 0.241. The Bertz CT molecular complexity index is 547. The first-order valence-electron chi connectivity index (χ1n) is 4.93. The van der Waals surface area contributed by atoms with Crippen molar-refractivity contribution in [1.82, 2.24) is 9.96 Å². The number of carbonyl (C=O) groups excluding carboxylic acids is 2. The molecule has 0 aromatic carbocycles. The average molecular weight is 299 g/mol. The van der Waals surface area contributed by atoms with E-state index < -0.39 is 34.4 Å². The van der Waals surface area contributed by atoms with Crippen LogP contribution in [-0.2, 0) is 19.5 Å². The third kappa shape index (κ3) is 3.09. The number of urea groups is 1. The number of fused-ring (bicyclic) bond motifs is 2. The monoisotopic (exact) mass is 299 g/mol. The second kappa shape index (κ2) is 5.38. The molecule has 2 bridgehead atoms. The molecule has 1 fully saturated rings. The van der Waals surface area contributed by atoms with Gasteiger partial charge in [0.05, 0.1) is 6.54 Å². The van der Waals surface area contributed by atoms with Gasteiger partial charge in [-0.2, -0.15) is 9.35 Å². The normalized spacial score (nSPS) is 26.0. The van der Waals surface area contributed by atoms with E-state index in [9.17, 15) is 22.6 Å². The Labute approximate surface area is 131 Å². The molecule has 100 valence electrons. The summed E-state index contributed by atoms with van der Waals surface area (Å²) in [4.78, 5) is 24.0. The maximum absolute atomic E-state index is 11.8. The van der Waals surface area contributed by atoms with Crippen LogP contribution >= 0.6 is 0 Å². The van der Waals surface area contributed by atoms with Crippen LogP contribution in [0.2, 0.25) is 0 Å². The molecule has 0 unspecified atom stereocenters. The molecule has 2 atom stereocenters. The van der Waals surface area contributed by atoms with Crippen molar-refractivity contribution in [3.63, 3.8) is 0 Å². The van der Waals surface area contributed by atoms with Gasteiger partial charge >= 0.3 is 35.6 Å². The number of primary amides is 1. The van der Waals surface area contributed by atoms with Crippen LogP contribution < -0.4 is 35.3 Å². The molecule has 9 nitrogen and oxygen atoms in total. The van der Waals surface area contributed by atoms with Gasteiger partial charge in [0.25, 0.3) is 0 Å². The first-order valence-corrected chi connectivity index (χ1v) is 6.27. The van der Waals surface area contributed by atoms with Crippen molar-refractivity contribution in [1.29, 1.82) is 0 Å². The summed E-state index contributed by atoms with van der Waals surface area (Å²) in [6, 6.07) is -2.55. The van der Waals surface area contributed by atoms with Gasteiger partial charge in [-0.3, -0.25) is 4.79 Å². The number of amides is 3. The van der Waals surface area contributed by atoms with Crippen LogP contribution in [-0.4, -0.2) is 53.5 Å². The fourth-order valence-electron chi connectivity index (χ4n) is 2.03. The zero-order valence-electron chi connectivity index (χ0n) is 10.3. The first-order chi connectivity index (χ1) is 8.20. The molecule has 1 saturated heterocycles. The van der Waals surface area contributed by atoms with Crippen LogP contribution in [0.1, 0.15) is 6.92 Å². The molecule has 0 spiro atoms. The minimum absolute atomic E-state index is 0. The van der Waals surface area contributed by atoms with Crippen molar-refractivity contribution in [2.75, 3.05) is 6.54 Å². The molecule has 2 rings (SSSR count). The van der Waals surface area contributed by atoms with Gasteiger partial charge in [-0.25, -0.2) is 13.2 Å². The summed E-state index contributed by atoms with van der Waals surface area (Å²) in [5.41, 5.74) is 5.66. The first kappa shape index (κ1) is 16.4. The van der Waals surface area contributed by atoms with Gasteiger partial charge in [0.15, 0.2) is 0 Å². The topological polar surface area (TPSA) is 133 Å². The van der Waals surface area contributed by atoms with Crippen molar-refractivity contribution in [2.45, 2.75) is 19.0 Å². The Balaban J connectivity index is 0.00000180. The van der Waals surface area contributed by atoms with E-state index in [1.165, 1.54) is 6.08 Å². The number of hydrogen-bond donors (Lipinski definition) is 1. The van der Waals surface area contributed by atoms with Gasteiger partial charge in [0, 0.05) is 0 Å². The average Bonchev–Trinajstić information content (AvgIpc) is 2.47. The van der Waals surface area contributed by atoms with Crippen LogP contribution in [0.15, 0.2) is 11.6 Å². The molecule has 0 saturated carbocycles. The summed E-state index contributed by atoms with van der Waals surface area (Å²) in [5.74, 6) is -0.743. The molecule has 0 aromatic heterocycles. The molecular weight excluding hydrogens is 289 g/mol. The predicted octanol–water partition coefficient (Wildman–Crippen LogP) is -4.70. The van der Waals surface area contributed by atoms with Crippen molar-refractivity contribution < 1.29 is 56.4 Å². The van der Waals surface area contributed by atoms with Crippen LogP contribution in [0.5, 0.6) is 0 Å². The summed E-state index contributed by atoms with van der Waals surface area (Å²) < 4.78 is 35.7. The maximum atomic E-state index is 11.8. The summed E-state index contributed by atoms with van der Waals surface area (Å²) in [5, 5.41) is 0.455. The zero-order valence-corrected chi connectivity index (χ0v) is 13.1. The van der Waals surface area contributed by atoms with Gasteiger partial charge in [0.2, 0.25) is 16.3 Å². The number of carbonyl (C=O) groups is 2. The summed E-state index contributed by atoms with van der Waals surface area (Å²) in [7, 11) is -5.06. The summed E-state index contributed by atoms with van der Waals surface area (Å²) in [6.45, 7) is 1.63. The standard InChI is InChI=1S/C8H11N3O6S.Na/c1-4-2-5(7(9)12)10-3-6(4)11(8(10)13)17-18(14,15)16;/h2,5-6H,3H2,1H3,(H2,9,12)(H,14,15,16);/q;+1/p-1/t5-,6+;/m0./s1. The smallest absolute Gasteiger partial charge is 0.724 e. The Hall–Kier alpha value is -0.650. The van der Waals surface area contributed by atoms with Crippen LogP contribution in [0.25, 0.3) is 0 Å². The third-order valence-electron chi connectivity index (χ3n) is 2.83. The van der Waals surface area contributed by atoms with E-state index in [-0.39, 0.29) is 36.1 Å². The summed E-state index contributed by atoms with van der Waals surface area (Å²) in [6.07, 6.45) is 1.44. The van der Waals surface area contributed by atoms with Crippen molar-refractivity contribution >= 4 is 22.3 Å². The van der Waals surface area contributed by atoms with Gasteiger partial charge in [-0.05, 0) is 12.5 Å². The molecule has 2 N–H and O–H groups in total. The van der Waals surface area contributed by atoms with E-state index in [0.717, 1.165) is 4.90 Å². The number of nitrogens with two attached hydrogens (primary N) is 1. The predicted molar refractivity (Wildman–Crippen MR) is 55.3 cm³/mol. The van der Waals surface area contributed by atoms with E-state index in [1.807, 2.05) is 0 Å². The van der Waals surface area contributed by atoms with Gasteiger partial charge < -0.3 is 15.2 Å². The second-order valence-electron chi connectivity index (χ2n) is 4.02. The minimum atomic E-state index is -5.06. The van der Waals surface area contributed by atoms with E-state index in [1.54, 1.807) is 6.92 Å². The maximum Gasteiger partial charge on any atom is 1.00 e. The van der Waals surface area contributed by atoms with Gasteiger partial charge in [0.1, 0.15) is 12.1 Å². The molecule has 19 heavy (non-hydrogen) atoms. The van der Waals surface area contributed by atoms with Crippen molar-refractivity contribution in [3.8, 4) is 0 Å². The zero-order chi connectivity index (χ0) is 13.7. The molecule has 2 aliphatic rings. The van der Waals surface area contributed by atoms with Crippen molar-refractivity contribution in [3.05, 3.63) is 11.6 Å². The van der Waals surface area contributed by atoms with Gasteiger partial charge in [-0.15, -0.1) is 0 Å². The fourth-order valence-corrected chi connectivity index (χ4v) is 2.39. The molecule has 0 aromatic rings. The molecular formula is C8H10N3NaO6S. The number of hydroxylamine groups is 2. The SMILES string of the molecule is CC1=C[C@@H](C(N)=O)N2C[C@H]1N(OS(=O)(=O)[O-])C2=O.[Na+]. The Morgan fingerprint density at radius 2 is 2.16 bits per heavy atom.